The number of nitrogens with one attached hydrogen (secondary N) is 1. The average Bonchev–Trinajstić information content (AvgIpc) is 2.29. The van der Waals surface area contributed by atoms with E-state index >= 15 is 0 Å². The minimum Gasteiger partial charge on any atom is -0.369 e. The first-order valence-corrected chi connectivity index (χ1v) is 5.38. The molecular formula is C12H14FN3. The zero-order valence-electron chi connectivity index (χ0n) is 9.20. The van der Waals surface area contributed by atoms with Crippen molar-refractivity contribution in [3.63, 3.8) is 0 Å². The molecule has 0 amide bonds. The molecule has 0 spiro atoms. The van der Waals surface area contributed by atoms with Gasteiger partial charge in [0, 0.05) is 31.4 Å². The third-order valence-corrected chi connectivity index (χ3v) is 2.81. The molecule has 1 aromatic carbocycles. The number of nitriles is 1. The summed E-state index contributed by atoms with van der Waals surface area (Å²) in [5.41, 5.74) is 0.955. The molecule has 2 rings (SSSR count). The largest absolute Gasteiger partial charge is 0.369 e. The number of hydrogen-bond acceptors (Lipinski definition) is 3. The molecule has 1 aliphatic heterocycles. The Morgan fingerprint density at radius 2 is 2.38 bits per heavy atom. The topological polar surface area (TPSA) is 39.1 Å². The lowest BCUT2D eigenvalue weighted by atomic mass is 10.1. The normalized spacial score (nSPS) is 20.6. The third kappa shape index (κ3) is 2.15. The van der Waals surface area contributed by atoms with Crippen molar-refractivity contribution >= 4 is 5.69 Å². The van der Waals surface area contributed by atoms with Crippen molar-refractivity contribution in [1.82, 2.24) is 5.32 Å². The van der Waals surface area contributed by atoms with E-state index in [9.17, 15) is 4.39 Å². The molecular weight excluding hydrogens is 205 g/mol. The third-order valence-electron chi connectivity index (χ3n) is 2.81. The number of nitrogens with zero attached hydrogens (tertiary/aromatic N) is 2. The van der Waals surface area contributed by atoms with Gasteiger partial charge in [0.1, 0.15) is 11.9 Å². The quantitative estimate of drug-likeness (QED) is 0.778. The second kappa shape index (κ2) is 4.50. The van der Waals surface area contributed by atoms with Crippen molar-refractivity contribution < 1.29 is 4.39 Å². The van der Waals surface area contributed by atoms with Crippen molar-refractivity contribution in [3.05, 3.63) is 29.6 Å². The van der Waals surface area contributed by atoms with Crippen LogP contribution >= 0.6 is 0 Å². The predicted octanol–water partition coefficient (Wildman–Crippen LogP) is 1.50. The maximum Gasteiger partial charge on any atom is 0.143 e. The summed E-state index contributed by atoms with van der Waals surface area (Å²) >= 11 is 0. The van der Waals surface area contributed by atoms with Crippen LogP contribution in [0.1, 0.15) is 12.5 Å². The monoisotopic (exact) mass is 219 g/mol. The van der Waals surface area contributed by atoms with Gasteiger partial charge in [-0.2, -0.15) is 5.26 Å². The maximum absolute atomic E-state index is 13.4. The highest BCUT2D eigenvalue weighted by molar-refractivity contribution is 5.51. The van der Waals surface area contributed by atoms with Gasteiger partial charge in [0.05, 0.1) is 5.56 Å². The Kier molecular flexibility index (Phi) is 3.07. The first-order valence-electron chi connectivity index (χ1n) is 5.38. The van der Waals surface area contributed by atoms with Crippen LogP contribution in [-0.4, -0.2) is 25.7 Å². The summed E-state index contributed by atoms with van der Waals surface area (Å²) in [5.74, 6) is -0.439. The Hall–Kier alpha value is -1.60. The lowest BCUT2D eigenvalue weighted by molar-refractivity contribution is 0.484. The van der Waals surface area contributed by atoms with Gasteiger partial charge in [0.25, 0.3) is 0 Å². The number of rotatable bonds is 1. The van der Waals surface area contributed by atoms with Crippen LogP contribution in [-0.2, 0) is 0 Å². The van der Waals surface area contributed by atoms with Crippen LogP contribution in [0.3, 0.4) is 0 Å². The van der Waals surface area contributed by atoms with E-state index in [4.69, 9.17) is 5.26 Å². The van der Waals surface area contributed by atoms with Gasteiger partial charge in [-0.15, -0.1) is 0 Å². The number of anilines is 1. The van der Waals surface area contributed by atoms with E-state index in [1.165, 1.54) is 12.1 Å². The van der Waals surface area contributed by atoms with Crippen molar-refractivity contribution in [2.45, 2.75) is 13.0 Å². The van der Waals surface area contributed by atoms with Gasteiger partial charge >= 0.3 is 0 Å². The van der Waals surface area contributed by atoms with Gasteiger partial charge in [-0.1, -0.05) is 0 Å². The first-order chi connectivity index (χ1) is 7.70. The number of benzene rings is 1. The lowest BCUT2D eigenvalue weighted by Crippen LogP contribution is -2.49. The maximum atomic E-state index is 13.4. The molecule has 1 heterocycles. The molecule has 1 N–H and O–H groups in total. The van der Waals surface area contributed by atoms with Crippen molar-refractivity contribution in [1.29, 1.82) is 5.26 Å². The smallest absolute Gasteiger partial charge is 0.143 e. The van der Waals surface area contributed by atoms with Crippen LogP contribution in [0.15, 0.2) is 18.2 Å². The summed E-state index contributed by atoms with van der Waals surface area (Å²) in [6, 6.07) is 7.02. The molecule has 1 aliphatic rings. The molecule has 1 fully saturated rings. The zero-order valence-corrected chi connectivity index (χ0v) is 9.20. The highest BCUT2D eigenvalue weighted by Crippen LogP contribution is 2.19. The number of piperazine rings is 1. The summed E-state index contributed by atoms with van der Waals surface area (Å²) < 4.78 is 13.4. The number of hydrogen-bond donors (Lipinski definition) is 1. The fourth-order valence-corrected chi connectivity index (χ4v) is 1.96. The van der Waals surface area contributed by atoms with Gasteiger partial charge in [0.2, 0.25) is 0 Å². The van der Waals surface area contributed by atoms with Crippen LogP contribution in [0.25, 0.3) is 0 Å². The molecule has 3 nitrogen and oxygen atoms in total. The van der Waals surface area contributed by atoms with E-state index < -0.39 is 5.82 Å². The summed E-state index contributed by atoms with van der Waals surface area (Å²) in [6.45, 7) is 4.75. The van der Waals surface area contributed by atoms with Gasteiger partial charge in [-0.25, -0.2) is 4.39 Å². The zero-order chi connectivity index (χ0) is 11.5. The second-order valence-electron chi connectivity index (χ2n) is 4.08. The van der Waals surface area contributed by atoms with E-state index in [0.717, 1.165) is 25.3 Å². The van der Waals surface area contributed by atoms with Crippen molar-refractivity contribution in [2.75, 3.05) is 24.5 Å². The average molecular weight is 219 g/mol. The van der Waals surface area contributed by atoms with Gasteiger partial charge < -0.3 is 10.2 Å². The van der Waals surface area contributed by atoms with Crippen molar-refractivity contribution in [2.24, 2.45) is 0 Å². The molecule has 1 aromatic rings. The standard InChI is InChI=1S/C12H14FN3/c1-9-8-16(5-4-15-9)11-3-2-10(7-14)12(13)6-11/h2-3,6,9,15H,4-5,8H2,1H3/t9-/m0/s1. The van der Waals surface area contributed by atoms with E-state index in [1.807, 2.05) is 6.07 Å². The van der Waals surface area contributed by atoms with Crippen LogP contribution < -0.4 is 10.2 Å². The lowest BCUT2D eigenvalue weighted by Gasteiger charge is -2.33. The van der Waals surface area contributed by atoms with Crippen LogP contribution in [0.2, 0.25) is 0 Å². The van der Waals surface area contributed by atoms with Crippen molar-refractivity contribution in [3.8, 4) is 6.07 Å². The molecule has 0 bridgehead atoms. The molecule has 0 radical (unpaired) electrons. The van der Waals surface area contributed by atoms with E-state index in [-0.39, 0.29) is 5.56 Å². The highest BCUT2D eigenvalue weighted by Gasteiger charge is 2.16. The Bertz CT molecular complexity index is 425. The van der Waals surface area contributed by atoms with Crippen LogP contribution in [0.5, 0.6) is 0 Å². The molecule has 1 saturated heterocycles. The minimum absolute atomic E-state index is 0.104. The molecule has 0 aliphatic carbocycles. The highest BCUT2D eigenvalue weighted by atomic mass is 19.1. The predicted molar refractivity (Wildman–Crippen MR) is 60.8 cm³/mol. The van der Waals surface area contributed by atoms with Gasteiger partial charge in [-0.3, -0.25) is 0 Å². The Labute approximate surface area is 94.5 Å². The SMILES string of the molecule is C[C@H]1CN(c2ccc(C#N)c(F)c2)CCN1. The van der Waals surface area contributed by atoms with E-state index in [0.29, 0.717) is 6.04 Å². The summed E-state index contributed by atoms with van der Waals surface area (Å²) in [4.78, 5) is 2.13. The Morgan fingerprint density at radius 3 is 3.00 bits per heavy atom. The Morgan fingerprint density at radius 1 is 1.56 bits per heavy atom. The molecule has 0 saturated carbocycles. The fourth-order valence-electron chi connectivity index (χ4n) is 1.96. The molecule has 0 unspecified atom stereocenters. The van der Waals surface area contributed by atoms with Crippen LogP contribution in [0.4, 0.5) is 10.1 Å². The van der Waals surface area contributed by atoms with E-state index in [2.05, 4.69) is 17.1 Å². The molecule has 0 aromatic heterocycles. The minimum atomic E-state index is -0.439. The fraction of sp³-hybridized carbons (Fsp3) is 0.417. The van der Waals surface area contributed by atoms with Crippen LogP contribution in [0, 0.1) is 17.1 Å². The van der Waals surface area contributed by atoms with Gasteiger partial charge in [0.15, 0.2) is 0 Å². The summed E-state index contributed by atoms with van der Waals surface area (Å²) in [7, 11) is 0. The first kappa shape index (κ1) is 10.9. The van der Waals surface area contributed by atoms with E-state index in [1.54, 1.807) is 6.07 Å². The molecule has 84 valence electrons. The Balaban J connectivity index is 2.21. The summed E-state index contributed by atoms with van der Waals surface area (Å²) in [5, 5.41) is 12.0. The molecule has 1 atom stereocenters. The molecule has 4 heteroatoms. The number of halogens is 1. The molecule has 16 heavy (non-hydrogen) atoms. The van der Waals surface area contributed by atoms with Gasteiger partial charge in [-0.05, 0) is 25.1 Å². The second-order valence-corrected chi connectivity index (χ2v) is 4.08. The summed E-state index contributed by atoms with van der Waals surface area (Å²) in [6.07, 6.45) is 0.